The molecule has 4 nitrogen and oxygen atoms in total. The van der Waals surface area contributed by atoms with Crippen LogP contribution in [0.1, 0.15) is 48.4 Å². The van der Waals surface area contributed by atoms with Crippen molar-refractivity contribution in [3.63, 3.8) is 0 Å². The van der Waals surface area contributed by atoms with Gasteiger partial charge in [-0.2, -0.15) is 0 Å². The van der Waals surface area contributed by atoms with E-state index in [9.17, 15) is 9.90 Å². The molecule has 1 saturated heterocycles. The molecule has 0 amide bonds. The van der Waals surface area contributed by atoms with Crippen LogP contribution in [0.2, 0.25) is 0 Å². The van der Waals surface area contributed by atoms with Crippen molar-refractivity contribution in [3.05, 3.63) is 52.0 Å². The Bertz CT molecular complexity index is 745. The van der Waals surface area contributed by atoms with Crippen LogP contribution in [-0.2, 0) is 24.2 Å². The average Bonchev–Trinajstić information content (AvgIpc) is 3.26. The zero-order valence-electron chi connectivity index (χ0n) is 15.0. The number of nitrogens with zero attached hydrogens (tertiary/aromatic N) is 2. The first kappa shape index (κ1) is 17.7. The molecule has 2 aliphatic rings. The Labute approximate surface area is 158 Å². The molecule has 5 heteroatoms. The van der Waals surface area contributed by atoms with Crippen LogP contribution in [0.25, 0.3) is 0 Å². The third kappa shape index (κ3) is 3.84. The molecule has 2 fully saturated rings. The maximum atomic E-state index is 11.8. The van der Waals surface area contributed by atoms with Gasteiger partial charge in [0.2, 0.25) is 0 Å². The first-order chi connectivity index (χ1) is 12.7. The number of carbonyl (C=O) groups is 1. The van der Waals surface area contributed by atoms with Crippen LogP contribution in [0.4, 0.5) is 0 Å². The van der Waals surface area contributed by atoms with Gasteiger partial charge >= 0.3 is 5.97 Å². The minimum atomic E-state index is -0.668. The Morgan fingerprint density at radius 2 is 2.00 bits per heavy atom. The molecule has 0 radical (unpaired) electrons. The van der Waals surface area contributed by atoms with Crippen LogP contribution in [0.3, 0.4) is 0 Å². The molecule has 1 aliphatic heterocycles. The number of hydrogen-bond acceptors (Lipinski definition) is 4. The minimum absolute atomic E-state index is 0.336. The molecule has 1 aromatic heterocycles. The second-order valence-electron chi connectivity index (χ2n) is 7.59. The fourth-order valence-electron chi connectivity index (χ4n) is 4.64. The molecule has 4 rings (SSSR count). The van der Waals surface area contributed by atoms with Crippen molar-refractivity contribution < 1.29 is 9.90 Å². The summed E-state index contributed by atoms with van der Waals surface area (Å²) >= 11 is 1.71. The van der Waals surface area contributed by atoms with E-state index in [1.807, 2.05) is 6.07 Å². The van der Waals surface area contributed by atoms with Gasteiger partial charge in [-0.3, -0.25) is 9.69 Å². The molecule has 0 spiro atoms. The fourth-order valence-corrected chi connectivity index (χ4v) is 5.43. The number of fused-ring (bicyclic) bond motifs is 1. The molecule has 1 saturated carbocycles. The summed E-state index contributed by atoms with van der Waals surface area (Å²) in [5.74, 6) is -0.111. The van der Waals surface area contributed by atoms with E-state index in [0.717, 1.165) is 36.4 Å². The maximum absolute atomic E-state index is 11.8. The first-order valence-corrected chi connectivity index (χ1v) is 10.5. The van der Waals surface area contributed by atoms with E-state index < -0.39 is 5.97 Å². The van der Waals surface area contributed by atoms with E-state index in [0.29, 0.717) is 18.5 Å². The van der Waals surface area contributed by atoms with Gasteiger partial charge in [0.1, 0.15) is 6.04 Å². The lowest BCUT2D eigenvalue weighted by atomic mass is 9.85. The van der Waals surface area contributed by atoms with Gasteiger partial charge < -0.3 is 5.11 Å². The SMILES string of the molecule is O=C(O)C1CC2CCCCC2N1Cc1csc(CCc2ccccc2)n1. The quantitative estimate of drug-likeness (QED) is 0.830. The van der Waals surface area contributed by atoms with E-state index in [1.54, 1.807) is 11.3 Å². The number of aliphatic carboxylic acids is 1. The van der Waals surface area contributed by atoms with Crippen LogP contribution in [0, 0.1) is 5.92 Å². The lowest BCUT2D eigenvalue weighted by molar-refractivity contribution is -0.142. The average molecular weight is 371 g/mol. The van der Waals surface area contributed by atoms with E-state index in [2.05, 4.69) is 34.5 Å². The number of rotatable bonds is 6. The number of benzene rings is 1. The molecule has 3 unspecified atom stereocenters. The number of carboxylic acid groups (broad SMARTS) is 1. The fraction of sp³-hybridized carbons (Fsp3) is 0.524. The van der Waals surface area contributed by atoms with Gasteiger partial charge in [-0.1, -0.05) is 43.2 Å². The van der Waals surface area contributed by atoms with Gasteiger partial charge in [0.05, 0.1) is 10.7 Å². The summed E-state index contributed by atoms with van der Waals surface area (Å²) in [5.41, 5.74) is 2.37. The summed E-state index contributed by atoms with van der Waals surface area (Å²) < 4.78 is 0. The molecule has 1 aromatic carbocycles. The van der Waals surface area contributed by atoms with Gasteiger partial charge in [0.25, 0.3) is 0 Å². The number of thiazole rings is 1. The van der Waals surface area contributed by atoms with E-state index in [1.165, 1.54) is 24.8 Å². The summed E-state index contributed by atoms with van der Waals surface area (Å²) in [6.07, 6.45) is 7.56. The third-order valence-corrected chi connectivity index (χ3v) is 6.88. The summed E-state index contributed by atoms with van der Waals surface area (Å²) in [5, 5.41) is 12.9. The summed E-state index contributed by atoms with van der Waals surface area (Å²) in [6.45, 7) is 0.681. The predicted octanol–water partition coefficient (Wildman–Crippen LogP) is 4.15. The second-order valence-corrected chi connectivity index (χ2v) is 8.53. The van der Waals surface area contributed by atoms with Crippen LogP contribution in [0.15, 0.2) is 35.7 Å². The van der Waals surface area contributed by atoms with Gasteiger partial charge in [0, 0.05) is 24.4 Å². The summed E-state index contributed by atoms with van der Waals surface area (Å²) in [6, 6.07) is 10.6. The Morgan fingerprint density at radius 3 is 2.81 bits per heavy atom. The van der Waals surface area contributed by atoms with E-state index in [4.69, 9.17) is 4.98 Å². The summed E-state index contributed by atoms with van der Waals surface area (Å²) in [7, 11) is 0. The maximum Gasteiger partial charge on any atom is 0.320 e. The Kier molecular flexibility index (Phi) is 5.36. The van der Waals surface area contributed by atoms with Crippen LogP contribution in [-0.4, -0.2) is 33.0 Å². The van der Waals surface area contributed by atoms with Crippen LogP contribution in [0.5, 0.6) is 0 Å². The van der Waals surface area contributed by atoms with Crippen LogP contribution < -0.4 is 0 Å². The monoisotopic (exact) mass is 370 g/mol. The Hall–Kier alpha value is -1.72. The van der Waals surface area contributed by atoms with Crippen molar-refractivity contribution in [2.24, 2.45) is 5.92 Å². The summed E-state index contributed by atoms with van der Waals surface area (Å²) in [4.78, 5) is 18.8. The normalized spacial score (nSPS) is 25.9. The van der Waals surface area contributed by atoms with Crippen LogP contribution >= 0.6 is 11.3 Å². The first-order valence-electron chi connectivity index (χ1n) is 9.66. The van der Waals surface area contributed by atoms with E-state index >= 15 is 0 Å². The van der Waals surface area contributed by atoms with Crippen molar-refractivity contribution >= 4 is 17.3 Å². The number of hydrogen-bond donors (Lipinski definition) is 1. The van der Waals surface area contributed by atoms with Crippen molar-refractivity contribution in [2.75, 3.05) is 0 Å². The smallest absolute Gasteiger partial charge is 0.320 e. The number of aryl methyl sites for hydroxylation is 2. The molecule has 1 aliphatic carbocycles. The van der Waals surface area contributed by atoms with Crippen molar-refractivity contribution in [1.82, 2.24) is 9.88 Å². The molecule has 2 heterocycles. The van der Waals surface area contributed by atoms with Gasteiger partial charge in [-0.05, 0) is 37.2 Å². The minimum Gasteiger partial charge on any atom is -0.480 e. The highest BCUT2D eigenvalue weighted by Gasteiger charge is 2.45. The van der Waals surface area contributed by atoms with Crippen molar-refractivity contribution in [2.45, 2.75) is 63.6 Å². The number of carboxylic acids is 1. The molecule has 1 N–H and O–H groups in total. The molecular weight excluding hydrogens is 344 g/mol. The largest absolute Gasteiger partial charge is 0.480 e. The number of aromatic nitrogens is 1. The van der Waals surface area contributed by atoms with E-state index in [-0.39, 0.29) is 6.04 Å². The number of likely N-dealkylation sites (tertiary alicyclic amines) is 1. The molecular formula is C21H26N2O2S. The standard InChI is InChI=1S/C21H26N2O2S/c24-21(25)19-12-16-8-4-5-9-18(16)23(19)13-17-14-26-20(22-17)11-10-15-6-2-1-3-7-15/h1-3,6-7,14,16,18-19H,4-5,8-13H2,(H,24,25). The lowest BCUT2D eigenvalue weighted by Gasteiger charge is -2.32. The van der Waals surface area contributed by atoms with Crippen molar-refractivity contribution in [3.8, 4) is 0 Å². The highest BCUT2D eigenvalue weighted by molar-refractivity contribution is 7.09. The molecule has 2 aromatic rings. The predicted molar refractivity (Wildman–Crippen MR) is 103 cm³/mol. The second kappa shape index (κ2) is 7.89. The lowest BCUT2D eigenvalue weighted by Crippen LogP contribution is -2.41. The molecule has 138 valence electrons. The Balaban J connectivity index is 1.41. The van der Waals surface area contributed by atoms with Crippen molar-refractivity contribution in [1.29, 1.82) is 0 Å². The Morgan fingerprint density at radius 1 is 1.19 bits per heavy atom. The third-order valence-electron chi connectivity index (χ3n) is 5.92. The zero-order valence-corrected chi connectivity index (χ0v) is 15.8. The van der Waals surface area contributed by atoms with Gasteiger partial charge in [0.15, 0.2) is 0 Å². The highest BCUT2D eigenvalue weighted by Crippen LogP contribution is 2.40. The zero-order chi connectivity index (χ0) is 17.9. The molecule has 0 bridgehead atoms. The molecule has 26 heavy (non-hydrogen) atoms. The van der Waals surface area contributed by atoms with Gasteiger partial charge in [-0.15, -0.1) is 11.3 Å². The molecule has 3 atom stereocenters. The highest BCUT2D eigenvalue weighted by atomic mass is 32.1. The topological polar surface area (TPSA) is 53.4 Å². The van der Waals surface area contributed by atoms with Gasteiger partial charge in [-0.25, -0.2) is 4.98 Å².